The molecule has 1 aliphatic rings. The van der Waals surface area contributed by atoms with E-state index in [0.29, 0.717) is 11.4 Å². The van der Waals surface area contributed by atoms with Crippen LogP contribution in [0.15, 0.2) is 23.1 Å². The number of benzene rings is 1. The fourth-order valence-electron chi connectivity index (χ4n) is 1.26. The van der Waals surface area contributed by atoms with Gasteiger partial charge in [0.1, 0.15) is 17.3 Å². The Balaban J connectivity index is 2.68. The lowest BCUT2D eigenvalue weighted by molar-refractivity contribution is 0.322. The van der Waals surface area contributed by atoms with Gasteiger partial charge in [-0.25, -0.2) is 8.42 Å². The molecule has 0 unspecified atom stereocenters. The van der Waals surface area contributed by atoms with Gasteiger partial charge >= 0.3 is 0 Å². The molecular formula is C8H9NO3S. The molecule has 2 rings (SSSR count). The van der Waals surface area contributed by atoms with Crippen molar-refractivity contribution in [1.29, 1.82) is 0 Å². The first-order chi connectivity index (χ1) is 6.09. The smallest absolute Gasteiger partial charge is 0.185 e. The van der Waals surface area contributed by atoms with Crippen LogP contribution in [0.2, 0.25) is 0 Å². The van der Waals surface area contributed by atoms with Crippen molar-refractivity contribution in [2.75, 3.05) is 18.1 Å². The second-order valence-electron chi connectivity index (χ2n) is 2.87. The summed E-state index contributed by atoms with van der Waals surface area (Å²) in [6.07, 6.45) is 0. The highest BCUT2D eigenvalue weighted by Gasteiger charge is 2.24. The Morgan fingerprint density at radius 3 is 2.92 bits per heavy atom. The van der Waals surface area contributed by atoms with Crippen LogP contribution in [0.4, 0.5) is 5.69 Å². The average Bonchev–Trinajstić information content (AvgIpc) is 2.06. The maximum absolute atomic E-state index is 11.5. The molecule has 0 atom stereocenters. The number of hydrogen-bond acceptors (Lipinski definition) is 4. The third-order valence-corrected chi connectivity index (χ3v) is 3.61. The first kappa shape index (κ1) is 8.37. The maximum atomic E-state index is 11.5. The van der Waals surface area contributed by atoms with Crippen LogP contribution >= 0.6 is 0 Å². The lowest BCUT2D eigenvalue weighted by atomic mass is 10.3. The van der Waals surface area contributed by atoms with E-state index in [9.17, 15) is 8.42 Å². The molecule has 0 spiro atoms. The van der Waals surface area contributed by atoms with Gasteiger partial charge in [-0.1, -0.05) is 0 Å². The molecule has 1 aromatic carbocycles. The van der Waals surface area contributed by atoms with E-state index < -0.39 is 9.84 Å². The minimum atomic E-state index is -3.17. The van der Waals surface area contributed by atoms with Crippen molar-refractivity contribution in [3.05, 3.63) is 18.2 Å². The van der Waals surface area contributed by atoms with E-state index in [1.807, 2.05) is 0 Å². The van der Waals surface area contributed by atoms with Crippen molar-refractivity contribution in [3.63, 3.8) is 0 Å². The summed E-state index contributed by atoms with van der Waals surface area (Å²) in [6.45, 7) is 0.221. The monoisotopic (exact) mass is 199 g/mol. The Kier molecular flexibility index (Phi) is 1.69. The predicted octanol–water partition coefficient (Wildman–Crippen LogP) is 0.435. The number of sulfone groups is 1. The number of fused-ring (bicyclic) bond motifs is 1. The lowest BCUT2D eigenvalue weighted by Crippen LogP contribution is -2.21. The van der Waals surface area contributed by atoms with Gasteiger partial charge in [0.15, 0.2) is 9.84 Å². The van der Waals surface area contributed by atoms with Gasteiger partial charge in [0.05, 0.1) is 5.75 Å². The van der Waals surface area contributed by atoms with Crippen molar-refractivity contribution in [3.8, 4) is 5.75 Å². The van der Waals surface area contributed by atoms with Crippen LogP contribution in [0.5, 0.6) is 5.75 Å². The van der Waals surface area contributed by atoms with E-state index in [0.717, 1.165) is 0 Å². The van der Waals surface area contributed by atoms with Crippen LogP contribution in [0.25, 0.3) is 0 Å². The summed E-state index contributed by atoms with van der Waals surface area (Å²) in [4.78, 5) is 0.207. The molecule has 0 saturated heterocycles. The highest BCUT2D eigenvalue weighted by atomic mass is 32.2. The van der Waals surface area contributed by atoms with E-state index >= 15 is 0 Å². The van der Waals surface area contributed by atoms with Crippen LogP contribution in [-0.4, -0.2) is 20.8 Å². The maximum Gasteiger partial charge on any atom is 0.185 e. The normalized spacial score (nSPS) is 18.8. The topological polar surface area (TPSA) is 69.4 Å². The minimum Gasteiger partial charge on any atom is -0.491 e. The molecule has 0 aromatic heterocycles. The summed E-state index contributed by atoms with van der Waals surface area (Å²) in [5.41, 5.74) is 5.92. The lowest BCUT2D eigenvalue weighted by Gasteiger charge is -2.17. The number of nitrogens with two attached hydrogens (primary N) is 1. The van der Waals surface area contributed by atoms with E-state index in [-0.39, 0.29) is 17.3 Å². The molecule has 0 saturated carbocycles. The third-order valence-electron chi connectivity index (χ3n) is 1.91. The Morgan fingerprint density at radius 1 is 1.38 bits per heavy atom. The summed E-state index contributed by atoms with van der Waals surface area (Å²) < 4.78 is 28.2. The van der Waals surface area contributed by atoms with E-state index in [1.54, 1.807) is 12.1 Å². The second-order valence-corrected chi connectivity index (χ2v) is 4.95. The Morgan fingerprint density at radius 2 is 2.15 bits per heavy atom. The molecule has 2 N–H and O–H groups in total. The van der Waals surface area contributed by atoms with Gasteiger partial charge in [-0.15, -0.1) is 0 Å². The van der Waals surface area contributed by atoms with Crippen molar-refractivity contribution in [2.24, 2.45) is 0 Å². The molecular weight excluding hydrogens is 190 g/mol. The Bertz CT molecular complexity index is 439. The number of ether oxygens (including phenoxy) is 1. The molecule has 0 bridgehead atoms. The van der Waals surface area contributed by atoms with E-state index in [2.05, 4.69) is 0 Å². The first-order valence-corrected chi connectivity index (χ1v) is 5.50. The molecule has 13 heavy (non-hydrogen) atoms. The zero-order valence-electron chi connectivity index (χ0n) is 6.86. The van der Waals surface area contributed by atoms with Gasteiger partial charge in [0, 0.05) is 5.69 Å². The van der Waals surface area contributed by atoms with E-state index in [1.165, 1.54) is 6.07 Å². The van der Waals surface area contributed by atoms with E-state index in [4.69, 9.17) is 10.5 Å². The molecule has 70 valence electrons. The van der Waals surface area contributed by atoms with Crippen LogP contribution < -0.4 is 10.5 Å². The highest BCUT2D eigenvalue weighted by molar-refractivity contribution is 7.91. The molecule has 1 heterocycles. The fourth-order valence-corrected chi connectivity index (χ4v) is 2.53. The fraction of sp³-hybridized carbons (Fsp3) is 0.250. The van der Waals surface area contributed by atoms with Gasteiger partial charge in [0.2, 0.25) is 0 Å². The van der Waals surface area contributed by atoms with Crippen molar-refractivity contribution in [2.45, 2.75) is 4.90 Å². The molecule has 5 heteroatoms. The van der Waals surface area contributed by atoms with Crippen LogP contribution in [-0.2, 0) is 9.84 Å². The SMILES string of the molecule is Nc1ccc2c(c1)S(=O)(=O)CCO2. The molecule has 1 aliphatic heterocycles. The predicted molar refractivity (Wildman–Crippen MR) is 48.4 cm³/mol. The second kappa shape index (κ2) is 2.63. The number of nitrogen functional groups attached to an aromatic ring is 1. The van der Waals surface area contributed by atoms with Crippen LogP contribution in [0, 0.1) is 0 Å². The molecule has 1 aromatic rings. The van der Waals surface area contributed by atoms with Gasteiger partial charge < -0.3 is 10.5 Å². The van der Waals surface area contributed by atoms with Crippen molar-refractivity contribution < 1.29 is 13.2 Å². The Hall–Kier alpha value is -1.23. The van der Waals surface area contributed by atoms with Gasteiger partial charge in [-0.05, 0) is 18.2 Å². The van der Waals surface area contributed by atoms with Crippen LogP contribution in [0.1, 0.15) is 0 Å². The highest BCUT2D eigenvalue weighted by Crippen LogP contribution is 2.29. The minimum absolute atomic E-state index is 0.0312. The quantitative estimate of drug-likeness (QED) is 0.615. The van der Waals surface area contributed by atoms with Crippen LogP contribution in [0.3, 0.4) is 0 Å². The summed E-state index contributed by atoms with van der Waals surface area (Å²) in [7, 11) is -3.17. The molecule has 4 nitrogen and oxygen atoms in total. The van der Waals surface area contributed by atoms with Crippen molar-refractivity contribution in [1.82, 2.24) is 0 Å². The third kappa shape index (κ3) is 1.35. The van der Waals surface area contributed by atoms with Crippen molar-refractivity contribution >= 4 is 15.5 Å². The summed E-state index contributed by atoms with van der Waals surface area (Å²) in [5, 5.41) is 0. The number of hydrogen-bond donors (Lipinski definition) is 1. The zero-order chi connectivity index (χ0) is 9.47. The number of anilines is 1. The van der Waals surface area contributed by atoms with Gasteiger partial charge in [-0.3, -0.25) is 0 Å². The summed E-state index contributed by atoms with van der Waals surface area (Å²) >= 11 is 0. The number of rotatable bonds is 0. The molecule has 0 radical (unpaired) electrons. The van der Waals surface area contributed by atoms with Gasteiger partial charge in [0.25, 0.3) is 0 Å². The van der Waals surface area contributed by atoms with Gasteiger partial charge in [-0.2, -0.15) is 0 Å². The molecule has 0 aliphatic carbocycles. The first-order valence-electron chi connectivity index (χ1n) is 3.85. The molecule has 0 amide bonds. The largest absolute Gasteiger partial charge is 0.491 e. The Labute approximate surface area is 76.2 Å². The average molecular weight is 199 g/mol. The zero-order valence-corrected chi connectivity index (χ0v) is 7.67. The summed E-state index contributed by atoms with van der Waals surface area (Å²) in [5.74, 6) is 0.434. The molecule has 0 fully saturated rings. The standard InChI is InChI=1S/C8H9NO3S/c9-6-1-2-7-8(5-6)13(10,11)4-3-12-7/h1-2,5H,3-4,9H2. The summed E-state index contributed by atoms with van der Waals surface area (Å²) in [6, 6.07) is 4.64.